The molecule has 0 aliphatic heterocycles. The molecule has 0 radical (unpaired) electrons. The van der Waals surface area contributed by atoms with Gasteiger partial charge in [0.25, 0.3) is 10.0 Å². The standard InChI is InChI=1S/C23H28N6O4S/c1-23(10-11-23)22(30)26-16-6-3-7-17(14-16)29-34(31,32)18-8-2-5-15(13-18)20-27-21(33-28-20)19(25)9-4-12-24/h2-3,5-8,13-14,19,29H,4,9-12,24-25H2,1H3,(H,26,30)/t19-/m0/s1. The molecule has 180 valence electrons. The van der Waals surface area contributed by atoms with Crippen LogP contribution in [0.2, 0.25) is 0 Å². The van der Waals surface area contributed by atoms with Gasteiger partial charge in [-0.05, 0) is 62.6 Å². The van der Waals surface area contributed by atoms with Gasteiger partial charge < -0.3 is 21.3 Å². The van der Waals surface area contributed by atoms with E-state index in [1.807, 2.05) is 6.92 Å². The molecule has 2 aromatic carbocycles. The van der Waals surface area contributed by atoms with Crippen LogP contribution >= 0.6 is 0 Å². The number of nitrogens with zero attached hydrogens (tertiary/aromatic N) is 2. The van der Waals surface area contributed by atoms with E-state index in [0.717, 1.165) is 19.3 Å². The first-order valence-electron chi connectivity index (χ1n) is 11.0. The Kier molecular flexibility index (Phi) is 6.69. The molecular formula is C23H28N6O4S. The van der Waals surface area contributed by atoms with E-state index in [-0.39, 0.29) is 27.9 Å². The molecule has 34 heavy (non-hydrogen) atoms. The molecule has 1 fully saturated rings. The lowest BCUT2D eigenvalue weighted by Crippen LogP contribution is -2.21. The van der Waals surface area contributed by atoms with Gasteiger partial charge in [-0.15, -0.1) is 0 Å². The molecule has 1 amide bonds. The predicted molar refractivity (Wildman–Crippen MR) is 128 cm³/mol. The highest BCUT2D eigenvalue weighted by Gasteiger charge is 2.44. The summed E-state index contributed by atoms with van der Waals surface area (Å²) in [5.41, 5.74) is 12.5. The van der Waals surface area contributed by atoms with E-state index in [1.165, 1.54) is 12.1 Å². The predicted octanol–water partition coefficient (Wildman–Crippen LogP) is 3.01. The van der Waals surface area contributed by atoms with Crippen LogP contribution in [0.15, 0.2) is 57.9 Å². The van der Waals surface area contributed by atoms with Gasteiger partial charge in [-0.2, -0.15) is 4.98 Å². The Morgan fingerprint density at radius 2 is 1.91 bits per heavy atom. The molecule has 6 N–H and O–H groups in total. The van der Waals surface area contributed by atoms with Crippen molar-refractivity contribution < 1.29 is 17.7 Å². The van der Waals surface area contributed by atoms with Gasteiger partial charge in [0.2, 0.25) is 17.6 Å². The number of carbonyl (C=O) groups is 1. The minimum Gasteiger partial charge on any atom is -0.337 e. The normalized spacial score (nSPS) is 15.5. The fourth-order valence-corrected chi connectivity index (χ4v) is 4.43. The molecule has 4 rings (SSSR count). The number of hydrogen-bond acceptors (Lipinski definition) is 8. The fraction of sp³-hybridized carbons (Fsp3) is 0.348. The van der Waals surface area contributed by atoms with Gasteiger partial charge >= 0.3 is 0 Å². The summed E-state index contributed by atoms with van der Waals surface area (Å²) in [5, 5.41) is 6.78. The average Bonchev–Trinajstić information content (AvgIpc) is 3.38. The summed E-state index contributed by atoms with van der Waals surface area (Å²) >= 11 is 0. The van der Waals surface area contributed by atoms with Crippen LogP contribution in [-0.4, -0.2) is 31.0 Å². The van der Waals surface area contributed by atoms with Crippen LogP contribution < -0.4 is 21.5 Å². The number of nitrogens with two attached hydrogens (primary N) is 2. The molecule has 1 aromatic heterocycles. The minimum atomic E-state index is -3.91. The maximum atomic E-state index is 13.0. The fourth-order valence-electron chi connectivity index (χ4n) is 3.34. The Morgan fingerprint density at radius 3 is 2.65 bits per heavy atom. The first-order valence-corrected chi connectivity index (χ1v) is 12.5. The highest BCUT2D eigenvalue weighted by atomic mass is 32.2. The van der Waals surface area contributed by atoms with Crippen molar-refractivity contribution in [1.82, 2.24) is 10.1 Å². The van der Waals surface area contributed by atoms with Crippen LogP contribution in [0.4, 0.5) is 11.4 Å². The summed E-state index contributed by atoms with van der Waals surface area (Å²) in [6.07, 6.45) is 3.03. The quantitative estimate of drug-likeness (QED) is 0.341. The molecule has 1 atom stereocenters. The van der Waals surface area contributed by atoms with Gasteiger partial charge in [0.1, 0.15) is 0 Å². The van der Waals surface area contributed by atoms with Gasteiger partial charge in [0.15, 0.2) is 0 Å². The monoisotopic (exact) mass is 484 g/mol. The van der Waals surface area contributed by atoms with Crippen LogP contribution in [-0.2, 0) is 14.8 Å². The Labute approximate surface area is 198 Å². The second kappa shape index (κ2) is 9.53. The van der Waals surface area contributed by atoms with Crippen molar-refractivity contribution in [1.29, 1.82) is 0 Å². The van der Waals surface area contributed by atoms with Crippen molar-refractivity contribution in [2.75, 3.05) is 16.6 Å². The second-order valence-electron chi connectivity index (χ2n) is 8.72. The van der Waals surface area contributed by atoms with Crippen molar-refractivity contribution in [3.63, 3.8) is 0 Å². The van der Waals surface area contributed by atoms with Crippen LogP contribution in [0.5, 0.6) is 0 Å². The summed E-state index contributed by atoms with van der Waals surface area (Å²) in [4.78, 5) is 16.6. The van der Waals surface area contributed by atoms with Gasteiger partial charge in [0.05, 0.1) is 16.6 Å². The number of rotatable bonds is 10. The molecular weight excluding hydrogens is 456 g/mol. The van der Waals surface area contributed by atoms with Gasteiger partial charge in [0, 0.05) is 16.7 Å². The van der Waals surface area contributed by atoms with Gasteiger partial charge in [-0.1, -0.05) is 30.3 Å². The highest BCUT2D eigenvalue weighted by Crippen LogP contribution is 2.45. The van der Waals surface area contributed by atoms with E-state index in [4.69, 9.17) is 16.0 Å². The lowest BCUT2D eigenvalue weighted by atomic mass is 10.1. The third kappa shape index (κ3) is 5.44. The van der Waals surface area contributed by atoms with Crippen molar-refractivity contribution in [3.8, 4) is 11.4 Å². The summed E-state index contributed by atoms with van der Waals surface area (Å²) in [6, 6.07) is 12.4. The molecule has 1 heterocycles. The zero-order chi connectivity index (χ0) is 24.3. The number of sulfonamides is 1. The third-order valence-corrected chi connectivity index (χ3v) is 7.18. The van der Waals surface area contributed by atoms with Gasteiger partial charge in [-0.25, -0.2) is 8.42 Å². The molecule has 11 heteroatoms. The molecule has 0 spiro atoms. The lowest BCUT2D eigenvalue weighted by molar-refractivity contribution is -0.120. The number of aromatic nitrogens is 2. The highest BCUT2D eigenvalue weighted by molar-refractivity contribution is 7.92. The summed E-state index contributed by atoms with van der Waals surface area (Å²) in [5.74, 6) is 0.449. The number of hydrogen-bond donors (Lipinski definition) is 4. The minimum absolute atomic E-state index is 0.0312. The zero-order valence-corrected chi connectivity index (χ0v) is 19.6. The molecule has 3 aromatic rings. The number of nitrogens with one attached hydrogen (secondary N) is 2. The second-order valence-corrected chi connectivity index (χ2v) is 10.4. The van der Waals surface area contributed by atoms with Crippen LogP contribution in [0, 0.1) is 5.41 Å². The molecule has 10 nitrogen and oxygen atoms in total. The van der Waals surface area contributed by atoms with Gasteiger partial charge in [-0.3, -0.25) is 9.52 Å². The number of anilines is 2. The molecule has 0 bridgehead atoms. The van der Waals surface area contributed by atoms with Crippen LogP contribution in [0.25, 0.3) is 11.4 Å². The largest absolute Gasteiger partial charge is 0.337 e. The van der Waals surface area contributed by atoms with Crippen molar-refractivity contribution in [2.24, 2.45) is 16.9 Å². The topological polar surface area (TPSA) is 166 Å². The van der Waals surface area contributed by atoms with E-state index in [2.05, 4.69) is 20.2 Å². The van der Waals surface area contributed by atoms with E-state index in [0.29, 0.717) is 29.9 Å². The number of carbonyl (C=O) groups excluding carboxylic acids is 1. The van der Waals surface area contributed by atoms with Crippen LogP contribution in [0.1, 0.15) is 44.5 Å². The first-order chi connectivity index (χ1) is 16.2. The van der Waals surface area contributed by atoms with E-state index < -0.39 is 16.1 Å². The molecule has 1 saturated carbocycles. The van der Waals surface area contributed by atoms with Crippen molar-refractivity contribution >= 4 is 27.3 Å². The first kappa shape index (κ1) is 23.9. The SMILES string of the molecule is CC1(C(=O)Nc2cccc(NS(=O)(=O)c3cccc(-c4noc([C@@H](N)CCCN)n4)c3)c2)CC1. The van der Waals surface area contributed by atoms with Crippen molar-refractivity contribution in [2.45, 2.75) is 43.5 Å². The van der Waals surface area contributed by atoms with Crippen LogP contribution in [0.3, 0.4) is 0 Å². The Hall–Kier alpha value is -3.28. The zero-order valence-electron chi connectivity index (χ0n) is 18.8. The van der Waals surface area contributed by atoms with E-state index in [1.54, 1.807) is 36.4 Å². The van der Waals surface area contributed by atoms with E-state index >= 15 is 0 Å². The lowest BCUT2D eigenvalue weighted by Gasteiger charge is -2.12. The maximum absolute atomic E-state index is 13.0. The Morgan fingerprint density at radius 1 is 1.18 bits per heavy atom. The maximum Gasteiger partial charge on any atom is 0.261 e. The number of benzene rings is 2. The Bertz CT molecular complexity index is 1290. The summed E-state index contributed by atoms with van der Waals surface area (Å²) < 4.78 is 33.8. The third-order valence-electron chi connectivity index (χ3n) is 5.80. The van der Waals surface area contributed by atoms with E-state index in [9.17, 15) is 13.2 Å². The average molecular weight is 485 g/mol. The molecule has 0 saturated heterocycles. The molecule has 0 unspecified atom stereocenters. The Balaban J connectivity index is 1.49. The summed E-state index contributed by atoms with van der Waals surface area (Å²) in [7, 11) is -3.91. The number of amides is 1. The summed E-state index contributed by atoms with van der Waals surface area (Å²) in [6.45, 7) is 2.42. The van der Waals surface area contributed by atoms with Crippen molar-refractivity contribution in [3.05, 3.63) is 54.4 Å². The molecule has 1 aliphatic rings. The smallest absolute Gasteiger partial charge is 0.261 e. The molecule has 1 aliphatic carbocycles.